The maximum Gasteiger partial charge on any atom is 0.255 e. The van der Waals surface area contributed by atoms with Gasteiger partial charge in [-0.1, -0.05) is 36.3 Å². The first-order chi connectivity index (χ1) is 13.1. The molecule has 0 aliphatic heterocycles. The van der Waals surface area contributed by atoms with Gasteiger partial charge in [0.05, 0.1) is 0 Å². The summed E-state index contributed by atoms with van der Waals surface area (Å²) in [6.45, 7) is 6.01. The summed E-state index contributed by atoms with van der Waals surface area (Å²) in [4.78, 5) is 16.8. The minimum absolute atomic E-state index is 0.134. The molecule has 1 unspecified atom stereocenters. The van der Waals surface area contributed by atoms with Gasteiger partial charge in [-0.2, -0.15) is 4.98 Å². The Bertz CT molecular complexity index is 906. The van der Waals surface area contributed by atoms with Crippen LogP contribution in [0.4, 0.5) is 11.4 Å². The van der Waals surface area contributed by atoms with Crippen molar-refractivity contribution in [3.05, 3.63) is 71.4 Å². The number of anilines is 2. The second-order valence-electron chi connectivity index (χ2n) is 6.46. The van der Waals surface area contributed by atoms with Gasteiger partial charge in [-0.3, -0.25) is 4.79 Å². The predicted octanol–water partition coefficient (Wildman–Crippen LogP) is 4.76. The fraction of sp³-hybridized carbons (Fsp3) is 0.286. The highest BCUT2D eigenvalue weighted by Gasteiger charge is 2.16. The summed E-state index contributed by atoms with van der Waals surface area (Å²) in [7, 11) is 0. The fourth-order valence-corrected chi connectivity index (χ4v) is 2.77. The molecule has 1 atom stereocenters. The average molecular weight is 364 g/mol. The highest BCUT2D eigenvalue weighted by atomic mass is 16.5. The third-order valence-corrected chi connectivity index (χ3v) is 4.32. The van der Waals surface area contributed by atoms with E-state index in [9.17, 15) is 4.79 Å². The molecule has 0 spiro atoms. The maximum atomic E-state index is 12.4. The van der Waals surface area contributed by atoms with Crippen LogP contribution in [0.2, 0.25) is 0 Å². The third kappa shape index (κ3) is 4.53. The topological polar surface area (TPSA) is 80.0 Å². The molecular formula is C21H24N4O2. The lowest BCUT2D eigenvalue weighted by Crippen LogP contribution is -2.14. The number of hydrogen-bond donors (Lipinski definition) is 2. The molecule has 140 valence electrons. The van der Waals surface area contributed by atoms with E-state index in [1.165, 1.54) is 0 Å². The molecule has 3 aromatic rings. The number of hydrogen-bond acceptors (Lipinski definition) is 5. The Morgan fingerprint density at radius 3 is 2.59 bits per heavy atom. The quantitative estimate of drug-likeness (QED) is 0.632. The van der Waals surface area contributed by atoms with Gasteiger partial charge in [-0.15, -0.1) is 0 Å². The molecule has 0 fully saturated rings. The monoisotopic (exact) mass is 364 g/mol. The Balaban J connectivity index is 1.73. The van der Waals surface area contributed by atoms with E-state index in [4.69, 9.17) is 4.52 Å². The van der Waals surface area contributed by atoms with E-state index in [-0.39, 0.29) is 11.9 Å². The van der Waals surface area contributed by atoms with Gasteiger partial charge < -0.3 is 15.2 Å². The van der Waals surface area contributed by atoms with Crippen molar-refractivity contribution in [3.8, 4) is 0 Å². The Morgan fingerprint density at radius 1 is 1.11 bits per heavy atom. The Kier molecular flexibility index (Phi) is 5.86. The zero-order valence-electron chi connectivity index (χ0n) is 15.8. The van der Waals surface area contributed by atoms with Crippen LogP contribution in [0, 0.1) is 6.92 Å². The predicted molar refractivity (Wildman–Crippen MR) is 106 cm³/mol. The summed E-state index contributed by atoms with van der Waals surface area (Å²) >= 11 is 0. The van der Waals surface area contributed by atoms with Crippen molar-refractivity contribution in [1.82, 2.24) is 10.1 Å². The highest BCUT2D eigenvalue weighted by Crippen LogP contribution is 2.27. The van der Waals surface area contributed by atoms with Crippen molar-refractivity contribution in [3.63, 3.8) is 0 Å². The number of carbonyl (C=O) groups excluding carboxylic acids is 1. The summed E-state index contributed by atoms with van der Waals surface area (Å²) in [6, 6.07) is 14.8. The third-order valence-electron chi connectivity index (χ3n) is 4.32. The number of nitrogens with zero attached hydrogens (tertiary/aromatic N) is 2. The molecule has 0 bridgehead atoms. The number of aryl methyl sites for hydroxylation is 1. The van der Waals surface area contributed by atoms with Crippen molar-refractivity contribution >= 4 is 17.3 Å². The first kappa shape index (κ1) is 18.6. The molecule has 2 aromatic carbocycles. The molecule has 6 heteroatoms. The van der Waals surface area contributed by atoms with Crippen molar-refractivity contribution in [2.45, 2.75) is 39.7 Å². The zero-order valence-corrected chi connectivity index (χ0v) is 15.8. The van der Waals surface area contributed by atoms with Gasteiger partial charge in [0.25, 0.3) is 5.91 Å². The van der Waals surface area contributed by atoms with Crippen molar-refractivity contribution in [2.24, 2.45) is 0 Å². The number of aromatic nitrogens is 2. The van der Waals surface area contributed by atoms with E-state index in [2.05, 4.69) is 27.7 Å². The molecule has 0 saturated carbocycles. The molecule has 3 rings (SSSR count). The van der Waals surface area contributed by atoms with Crippen LogP contribution >= 0.6 is 0 Å². The summed E-state index contributed by atoms with van der Waals surface area (Å²) < 4.78 is 5.35. The van der Waals surface area contributed by atoms with Gasteiger partial charge in [-0.05, 0) is 50.1 Å². The maximum absolute atomic E-state index is 12.4. The molecule has 27 heavy (non-hydrogen) atoms. The molecule has 1 amide bonds. The first-order valence-corrected chi connectivity index (χ1v) is 9.13. The van der Waals surface area contributed by atoms with Gasteiger partial charge >= 0.3 is 0 Å². The SMILES string of the molecule is CCCc1noc(C(C)Nc2cccc(NC(=O)c3ccccc3)c2C)n1. The molecule has 0 saturated heterocycles. The Labute approximate surface area is 159 Å². The second kappa shape index (κ2) is 8.49. The van der Waals surface area contributed by atoms with E-state index < -0.39 is 0 Å². The molecule has 0 aliphatic rings. The lowest BCUT2D eigenvalue weighted by atomic mass is 10.1. The molecule has 1 heterocycles. The molecule has 0 aliphatic carbocycles. The molecule has 2 N–H and O–H groups in total. The van der Waals surface area contributed by atoms with Crippen LogP contribution in [0.25, 0.3) is 0 Å². The minimum atomic E-state index is -0.137. The Hall–Kier alpha value is -3.15. The first-order valence-electron chi connectivity index (χ1n) is 9.13. The van der Waals surface area contributed by atoms with Crippen LogP contribution < -0.4 is 10.6 Å². The Morgan fingerprint density at radius 2 is 1.85 bits per heavy atom. The molecule has 6 nitrogen and oxygen atoms in total. The van der Waals surface area contributed by atoms with Crippen molar-refractivity contribution < 1.29 is 9.32 Å². The number of benzene rings is 2. The van der Waals surface area contributed by atoms with E-state index >= 15 is 0 Å². The fourth-order valence-electron chi connectivity index (χ4n) is 2.77. The summed E-state index contributed by atoms with van der Waals surface area (Å²) in [5.41, 5.74) is 3.24. The lowest BCUT2D eigenvalue weighted by Gasteiger charge is -2.16. The van der Waals surface area contributed by atoms with Crippen LogP contribution in [-0.2, 0) is 6.42 Å². The summed E-state index contributed by atoms with van der Waals surface area (Å²) in [5, 5.41) is 10.4. The number of nitrogens with one attached hydrogen (secondary N) is 2. The van der Waals surface area contributed by atoms with Gasteiger partial charge in [0.1, 0.15) is 6.04 Å². The van der Waals surface area contributed by atoms with Gasteiger partial charge in [0.15, 0.2) is 5.82 Å². The van der Waals surface area contributed by atoms with Crippen molar-refractivity contribution in [1.29, 1.82) is 0 Å². The summed E-state index contributed by atoms with van der Waals surface area (Å²) in [5.74, 6) is 1.14. The van der Waals surface area contributed by atoms with Crippen LogP contribution in [0.3, 0.4) is 0 Å². The van der Waals surface area contributed by atoms with Crippen LogP contribution in [0.5, 0.6) is 0 Å². The zero-order chi connectivity index (χ0) is 19.2. The minimum Gasteiger partial charge on any atom is -0.374 e. The number of carbonyl (C=O) groups is 1. The van der Waals surface area contributed by atoms with E-state index in [0.717, 1.165) is 35.6 Å². The highest BCUT2D eigenvalue weighted by molar-refractivity contribution is 6.04. The lowest BCUT2D eigenvalue weighted by molar-refractivity contribution is 0.102. The van der Waals surface area contributed by atoms with Crippen LogP contribution in [-0.4, -0.2) is 16.0 Å². The summed E-state index contributed by atoms with van der Waals surface area (Å²) in [6.07, 6.45) is 1.78. The largest absolute Gasteiger partial charge is 0.374 e. The molecule has 1 aromatic heterocycles. The van der Waals surface area contributed by atoms with E-state index in [1.54, 1.807) is 12.1 Å². The smallest absolute Gasteiger partial charge is 0.255 e. The molecular weight excluding hydrogens is 340 g/mol. The van der Waals surface area contributed by atoms with Crippen molar-refractivity contribution in [2.75, 3.05) is 10.6 Å². The van der Waals surface area contributed by atoms with Crippen LogP contribution in [0.15, 0.2) is 53.1 Å². The molecule has 0 radical (unpaired) electrons. The van der Waals surface area contributed by atoms with E-state index in [0.29, 0.717) is 11.5 Å². The van der Waals surface area contributed by atoms with E-state index in [1.807, 2.05) is 50.2 Å². The number of amides is 1. The van der Waals surface area contributed by atoms with Gasteiger partial charge in [0, 0.05) is 23.4 Å². The second-order valence-corrected chi connectivity index (χ2v) is 6.46. The normalized spacial score (nSPS) is 11.8. The van der Waals surface area contributed by atoms with Gasteiger partial charge in [-0.25, -0.2) is 0 Å². The van der Waals surface area contributed by atoms with Gasteiger partial charge in [0.2, 0.25) is 5.89 Å². The van der Waals surface area contributed by atoms with Crippen LogP contribution in [0.1, 0.15) is 53.9 Å². The average Bonchev–Trinajstić information content (AvgIpc) is 3.15. The standard InChI is InChI=1S/C21H24N4O2/c1-4-9-19-24-21(27-25-19)15(3)22-17-12-8-13-18(14(17)2)23-20(26)16-10-6-5-7-11-16/h5-8,10-13,15,22H,4,9H2,1-3H3,(H,23,26). The number of rotatable bonds is 7.